The van der Waals surface area contributed by atoms with E-state index in [1.165, 1.54) is 19.2 Å². The van der Waals surface area contributed by atoms with E-state index in [2.05, 4.69) is 15.7 Å². The molecule has 28 heavy (non-hydrogen) atoms. The van der Waals surface area contributed by atoms with Gasteiger partial charge in [-0.25, -0.2) is 9.07 Å². The summed E-state index contributed by atoms with van der Waals surface area (Å²) in [5, 5.41) is 19.4. The molecular formula is C20H19FN4O3. The van der Waals surface area contributed by atoms with Crippen LogP contribution in [0.3, 0.4) is 0 Å². The zero-order chi connectivity index (χ0) is 20.3. The van der Waals surface area contributed by atoms with E-state index in [9.17, 15) is 19.1 Å². The van der Waals surface area contributed by atoms with Crippen LogP contribution in [0.15, 0.2) is 48.7 Å². The zero-order valence-corrected chi connectivity index (χ0v) is 15.4. The Morgan fingerprint density at radius 2 is 2.00 bits per heavy atom. The molecular weight excluding hydrogens is 363 g/mol. The molecule has 1 aromatic heterocycles. The van der Waals surface area contributed by atoms with Crippen molar-refractivity contribution >= 4 is 17.5 Å². The molecule has 3 rings (SSSR count). The van der Waals surface area contributed by atoms with Gasteiger partial charge in [0.2, 0.25) is 5.91 Å². The summed E-state index contributed by atoms with van der Waals surface area (Å²) in [5.41, 5.74) is 2.11. The quantitative estimate of drug-likeness (QED) is 0.632. The molecule has 3 aromatic rings. The lowest BCUT2D eigenvalue weighted by Crippen LogP contribution is -2.23. The minimum absolute atomic E-state index is 0.136. The molecule has 0 aliphatic carbocycles. The highest BCUT2D eigenvalue weighted by molar-refractivity contribution is 5.94. The van der Waals surface area contributed by atoms with E-state index in [1.54, 1.807) is 43.3 Å². The van der Waals surface area contributed by atoms with Gasteiger partial charge in [-0.05, 0) is 42.3 Å². The van der Waals surface area contributed by atoms with E-state index in [4.69, 9.17) is 0 Å². The number of aryl methyl sites for hydroxylation is 1. The van der Waals surface area contributed by atoms with Gasteiger partial charge in [-0.15, -0.1) is 0 Å². The fourth-order valence-corrected chi connectivity index (χ4v) is 2.68. The average molecular weight is 382 g/mol. The fraction of sp³-hybridized carbons (Fsp3) is 0.150. The van der Waals surface area contributed by atoms with Gasteiger partial charge in [-0.3, -0.25) is 9.59 Å². The predicted molar refractivity (Wildman–Crippen MR) is 102 cm³/mol. The average Bonchev–Trinajstić information content (AvgIpc) is 3.03. The Labute approximate surface area is 160 Å². The second-order valence-electron chi connectivity index (χ2n) is 6.33. The van der Waals surface area contributed by atoms with Gasteiger partial charge in [0.1, 0.15) is 11.5 Å². The zero-order valence-electron chi connectivity index (χ0n) is 15.4. The molecule has 0 atom stereocenters. The Morgan fingerprint density at radius 1 is 1.21 bits per heavy atom. The monoisotopic (exact) mass is 382 g/mol. The van der Waals surface area contributed by atoms with Gasteiger partial charge in [0.25, 0.3) is 5.91 Å². The predicted octanol–water partition coefficient (Wildman–Crippen LogP) is 2.91. The summed E-state index contributed by atoms with van der Waals surface area (Å²) in [6, 6.07) is 11.5. The summed E-state index contributed by atoms with van der Waals surface area (Å²) in [6.07, 6.45) is 1.18. The Morgan fingerprint density at radius 3 is 2.75 bits per heavy atom. The highest BCUT2D eigenvalue weighted by atomic mass is 19.1. The van der Waals surface area contributed by atoms with E-state index >= 15 is 0 Å². The van der Waals surface area contributed by atoms with E-state index in [0.717, 1.165) is 15.8 Å². The number of amides is 2. The molecule has 0 unspecified atom stereocenters. The molecule has 0 aliphatic heterocycles. The first-order valence-corrected chi connectivity index (χ1v) is 8.53. The van der Waals surface area contributed by atoms with Crippen molar-refractivity contribution in [2.24, 2.45) is 0 Å². The first-order valence-electron chi connectivity index (χ1n) is 8.53. The number of carbonyl (C=O) groups is 2. The van der Waals surface area contributed by atoms with Gasteiger partial charge in [-0.1, -0.05) is 18.2 Å². The first kappa shape index (κ1) is 19.1. The van der Waals surface area contributed by atoms with Crippen LogP contribution in [0.1, 0.15) is 28.5 Å². The topological polar surface area (TPSA) is 96.3 Å². The van der Waals surface area contributed by atoms with Crippen molar-refractivity contribution in [2.45, 2.75) is 20.4 Å². The van der Waals surface area contributed by atoms with Gasteiger partial charge >= 0.3 is 0 Å². The summed E-state index contributed by atoms with van der Waals surface area (Å²) in [5.74, 6) is -1.67. The van der Waals surface area contributed by atoms with Gasteiger partial charge in [-0.2, -0.15) is 5.10 Å². The van der Waals surface area contributed by atoms with Crippen LogP contribution in [0.25, 0.3) is 5.69 Å². The van der Waals surface area contributed by atoms with Crippen LogP contribution < -0.4 is 10.6 Å². The van der Waals surface area contributed by atoms with Gasteiger partial charge < -0.3 is 15.7 Å². The largest absolute Gasteiger partial charge is 0.504 e. The van der Waals surface area contributed by atoms with Crippen LogP contribution in [-0.2, 0) is 11.3 Å². The first-order chi connectivity index (χ1) is 13.3. The molecule has 2 amide bonds. The highest BCUT2D eigenvalue weighted by Crippen LogP contribution is 2.21. The summed E-state index contributed by atoms with van der Waals surface area (Å²) in [6.45, 7) is 3.37. The summed E-state index contributed by atoms with van der Waals surface area (Å²) >= 11 is 0. The molecule has 0 saturated carbocycles. The van der Waals surface area contributed by atoms with Crippen molar-refractivity contribution in [2.75, 3.05) is 5.32 Å². The fourth-order valence-electron chi connectivity index (χ4n) is 2.68. The van der Waals surface area contributed by atoms with Crippen molar-refractivity contribution in [3.8, 4) is 11.4 Å². The third-order valence-corrected chi connectivity index (χ3v) is 3.96. The Balaban J connectivity index is 1.74. The minimum atomic E-state index is -0.603. The molecule has 8 heteroatoms. The number of aromatic nitrogens is 2. The van der Waals surface area contributed by atoms with Gasteiger partial charge in [0.05, 0.1) is 6.20 Å². The molecule has 0 bridgehead atoms. The number of aromatic hydroxyl groups is 1. The number of hydrogen-bond acceptors (Lipinski definition) is 4. The number of nitrogens with zero attached hydrogens (tertiary/aromatic N) is 2. The molecule has 144 valence electrons. The number of benzene rings is 2. The number of nitrogens with one attached hydrogen (secondary N) is 2. The maximum absolute atomic E-state index is 14.0. The molecule has 1 heterocycles. The van der Waals surface area contributed by atoms with Crippen LogP contribution in [0.4, 0.5) is 10.1 Å². The molecule has 0 fully saturated rings. The number of hydrogen-bond donors (Lipinski definition) is 3. The van der Waals surface area contributed by atoms with Crippen LogP contribution in [0.5, 0.6) is 5.75 Å². The molecule has 0 saturated heterocycles. The normalized spacial score (nSPS) is 10.5. The Bertz CT molecular complexity index is 1050. The Hall–Kier alpha value is -3.68. The van der Waals surface area contributed by atoms with Crippen molar-refractivity contribution in [1.29, 1.82) is 0 Å². The standard InChI is InChI=1S/C20H19FN4O3/c1-12-6-7-16(21)17(8-12)25-11-18(27)19(24-25)20(28)22-10-14-4-3-5-15(9-14)23-13(2)26/h3-9,11,27H,10H2,1-2H3,(H,22,28)(H,23,26). The molecule has 0 radical (unpaired) electrons. The van der Waals surface area contributed by atoms with Crippen LogP contribution in [0.2, 0.25) is 0 Å². The van der Waals surface area contributed by atoms with Gasteiger partial charge in [0, 0.05) is 19.2 Å². The van der Waals surface area contributed by atoms with E-state index in [1.807, 2.05) is 0 Å². The number of anilines is 1. The number of rotatable bonds is 5. The maximum Gasteiger partial charge on any atom is 0.275 e. The van der Waals surface area contributed by atoms with E-state index in [0.29, 0.717) is 5.69 Å². The smallest absolute Gasteiger partial charge is 0.275 e. The molecule has 0 aliphatic rings. The molecule has 0 spiro atoms. The third-order valence-electron chi connectivity index (χ3n) is 3.96. The second-order valence-corrected chi connectivity index (χ2v) is 6.33. The lowest BCUT2D eigenvalue weighted by atomic mass is 10.2. The summed E-state index contributed by atoms with van der Waals surface area (Å²) < 4.78 is 15.2. The van der Waals surface area contributed by atoms with Crippen LogP contribution in [0, 0.1) is 12.7 Å². The summed E-state index contributed by atoms with van der Waals surface area (Å²) in [4.78, 5) is 23.5. The SMILES string of the molecule is CC(=O)Nc1cccc(CNC(=O)c2nn(-c3cc(C)ccc3F)cc2O)c1. The molecule has 2 aromatic carbocycles. The van der Waals surface area contributed by atoms with Crippen LogP contribution in [-0.4, -0.2) is 26.7 Å². The van der Waals surface area contributed by atoms with Crippen molar-refractivity contribution in [1.82, 2.24) is 15.1 Å². The van der Waals surface area contributed by atoms with Gasteiger partial charge in [0.15, 0.2) is 11.4 Å². The lowest BCUT2D eigenvalue weighted by molar-refractivity contribution is -0.114. The summed E-state index contributed by atoms with van der Waals surface area (Å²) in [7, 11) is 0. The third kappa shape index (κ3) is 4.35. The van der Waals surface area contributed by atoms with Crippen molar-refractivity contribution in [3.05, 3.63) is 71.3 Å². The minimum Gasteiger partial charge on any atom is -0.504 e. The maximum atomic E-state index is 14.0. The Kier molecular flexibility index (Phi) is 5.39. The number of carbonyl (C=O) groups excluding carboxylic acids is 2. The lowest BCUT2D eigenvalue weighted by Gasteiger charge is -2.07. The van der Waals surface area contributed by atoms with E-state index in [-0.39, 0.29) is 29.6 Å². The van der Waals surface area contributed by atoms with Crippen molar-refractivity contribution in [3.63, 3.8) is 0 Å². The van der Waals surface area contributed by atoms with Crippen LogP contribution >= 0.6 is 0 Å². The molecule has 3 N–H and O–H groups in total. The molecule has 7 nitrogen and oxygen atoms in total. The highest BCUT2D eigenvalue weighted by Gasteiger charge is 2.18. The van der Waals surface area contributed by atoms with E-state index < -0.39 is 11.7 Å². The number of halogens is 1. The second kappa shape index (κ2) is 7.91. The van der Waals surface area contributed by atoms with Crippen molar-refractivity contribution < 1.29 is 19.1 Å².